The molecule has 0 amide bonds. The van der Waals surface area contributed by atoms with Gasteiger partial charge < -0.3 is 10.1 Å². The molecular weight excluding hydrogens is 121 g/mol. The Morgan fingerprint density at radius 3 is 2.89 bits per heavy atom. The van der Waals surface area contributed by atoms with Gasteiger partial charge in [-0.1, -0.05) is 0 Å². The number of halogens is 1. The molecule has 0 aromatic heterocycles. The monoisotopic (exact) mass is 131 g/mol. The highest BCUT2D eigenvalue weighted by molar-refractivity contribution is 5.58. The standard InChI is InChI=1S/C6H10FNO/c7-2-5-1-6(4-9)8-3-5/h4-6,8H,1-3H2. The third kappa shape index (κ3) is 1.48. The summed E-state index contributed by atoms with van der Waals surface area (Å²) in [6.07, 6.45) is 1.51. The summed E-state index contributed by atoms with van der Waals surface area (Å²) in [4.78, 5) is 10.1. The zero-order valence-electron chi connectivity index (χ0n) is 5.14. The number of carbonyl (C=O) groups is 1. The molecule has 3 heteroatoms. The van der Waals surface area contributed by atoms with Gasteiger partial charge in [0.15, 0.2) is 0 Å². The molecule has 52 valence electrons. The summed E-state index contributed by atoms with van der Waals surface area (Å²) in [5, 5.41) is 2.90. The van der Waals surface area contributed by atoms with Crippen molar-refractivity contribution in [2.24, 2.45) is 5.92 Å². The van der Waals surface area contributed by atoms with E-state index in [1.165, 1.54) is 0 Å². The fourth-order valence-corrected chi connectivity index (χ4v) is 1.07. The van der Waals surface area contributed by atoms with Gasteiger partial charge in [-0.3, -0.25) is 4.39 Å². The van der Waals surface area contributed by atoms with Crippen LogP contribution < -0.4 is 5.32 Å². The first kappa shape index (κ1) is 6.68. The Morgan fingerprint density at radius 2 is 2.56 bits per heavy atom. The molecule has 1 N–H and O–H groups in total. The molecule has 0 aromatic rings. The SMILES string of the molecule is O=CC1CC(CF)CN1. The zero-order valence-corrected chi connectivity index (χ0v) is 5.14. The highest BCUT2D eigenvalue weighted by atomic mass is 19.1. The van der Waals surface area contributed by atoms with Crippen molar-refractivity contribution in [3.05, 3.63) is 0 Å². The van der Waals surface area contributed by atoms with Crippen molar-refractivity contribution in [3.8, 4) is 0 Å². The van der Waals surface area contributed by atoms with E-state index in [9.17, 15) is 9.18 Å². The zero-order chi connectivity index (χ0) is 6.69. The number of rotatable bonds is 2. The van der Waals surface area contributed by atoms with Crippen LogP contribution in [0.1, 0.15) is 6.42 Å². The van der Waals surface area contributed by atoms with E-state index < -0.39 is 0 Å². The van der Waals surface area contributed by atoms with E-state index in [2.05, 4.69) is 5.32 Å². The van der Waals surface area contributed by atoms with Crippen LogP contribution in [0, 0.1) is 5.92 Å². The minimum atomic E-state index is -0.308. The van der Waals surface area contributed by atoms with Crippen molar-refractivity contribution in [1.29, 1.82) is 0 Å². The quantitative estimate of drug-likeness (QED) is 0.540. The van der Waals surface area contributed by atoms with Crippen LogP contribution >= 0.6 is 0 Å². The van der Waals surface area contributed by atoms with Crippen molar-refractivity contribution in [2.45, 2.75) is 12.5 Å². The van der Waals surface area contributed by atoms with Crippen molar-refractivity contribution in [2.75, 3.05) is 13.2 Å². The largest absolute Gasteiger partial charge is 0.307 e. The van der Waals surface area contributed by atoms with Gasteiger partial charge in [-0.05, 0) is 6.42 Å². The second kappa shape index (κ2) is 2.92. The first-order valence-corrected chi connectivity index (χ1v) is 3.11. The first-order valence-electron chi connectivity index (χ1n) is 3.11. The molecule has 0 spiro atoms. The molecule has 0 aromatic carbocycles. The summed E-state index contributed by atoms with van der Waals surface area (Å²) >= 11 is 0. The van der Waals surface area contributed by atoms with E-state index in [1.54, 1.807) is 0 Å². The van der Waals surface area contributed by atoms with Crippen molar-refractivity contribution >= 4 is 6.29 Å². The number of nitrogens with one attached hydrogen (secondary N) is 1. The van der Waals surface area contributed by atoms with Gasteiger partial charge in [-0.2, -0.15) is 0 Å². The van der Waals surface area contributed by atoms with Crippen LogP contribution in [0.4, 0.5) is 4.39 Å². The van der Waals surface area contributed by atoms with Gasteiger partial charge in [0, 0.05) is 12.5 Å². The molecule has 9 heavy (non-hydrogen) atoms. The Labute approximate surface area is 53.4 Å². The van der Waals surface area contributed by atoms with Crippen LogP contribution in [0.25, 0.3) is 0 Å². The summed E-state index contributed by atoms with van der Waals surface area (Å²) in [5.41, 5.74) is 0. The van der Waals surface area contributed by atoms with Crippen LogP contribution in [0.15, 0.2) is 0 Å². The highest BCUT2D eigenvalue weighted by Gasteiger charge is 2.22. The van der Waals surface area contributed by atoms with Crippen LogP contribution in [-0.2, 0) is 4.79 Å². The molecule has 1 rings (SSSR count). The third-order valence-electron chi connectivity index (χ3n) is 1.64. The van der Waals surface area contributed by atoms with E-state index in [0.717, 1.165) is 6.29 Å². The van der Waals surface area contributed by atoms with E-state index in [-0.39, 0.29) is 18.6 Å². The van der Waals surface area contributed by atoms with Gasteiger partial charge in [0.25, 0.3) is 0 Å². The lowest BCUT2D eigenvalue weighted by Gasteiger charge is -1.97. The Hall–Kier alpha value is -0.440. The van der Waals surface area contributed by atoms with Gasteiger partial charge in [0.05, 0.1) is 12.7 Å². The number of carbonyl (C=O) groups excluding carboxylic acids is 1. The maximum atomic E-state index is 11.9. The van der Waals surface area contributed by atoms with Crippen LogP contribution in [-0.4, -0.2) is 25.5 Å². The van der Waals surface area contributed by atoms with E-state index in [1.807, 2.05) is 0 Å². The highest BCUT2D eigenvalue weighted by Crippen LogP contribution is 2.12. The fraction of sp³-hybridized carbons (Fsp3) is 0.833. The van der Waals surface area contributed by atoms with E-state index >= 15 is 0 Å². The molecule has 1 heterocycles. The topological polar surface area (TPSA) is 29.1 Å². The smallest absolute Gasteiger partial charge is 0.136 e. The number of alkyl halides is 1. The lowest BCUT2D eigenvalue weighted by atomic mass is 10.1. The van der Waals surface area contributed by atoms with Gasteiger partial charge in [-0.15, -0.1) is 0 Å². The van der Waals surface area contributed by atoms with Crippen molar-refractivity contribution in [3.63, 3.8) is 0 Å². The first-order chi connectivity index (χ1) is 4.36. The molecule has 2 unspecified atom stereocenters. The minimum absolute atomic E-state index is 0.0696. The Bertz CT molecular complexity index is 107. The predicted molar refractivity (Wildman–Crippen MR) is 31.9 cm³/mol. The summed E-state index contributed by atoms with van der Waals surface area (Å²) in [7, 11) is 0. The van der Waals surface area contributed by atoms with Crippen molar-refractivity contribution < 1.29 is 9.18 Å². The number of hydrogen-bond donors (Lipinski definition) is 1. The molecule has 2 atom stereocenters. The normalized spacial score (nSPS) is 34.8. The van der Waals surface area contributed by atoms with Gasteiger partial charge in [0.2, 0.25) is 0 Å². The Balaban J connectivity index is 2.28. The van der Waals surface area contributed by atoms with Crippen LogP contribution in [0.3, 0.4) is 0 Å². The van der Waals surface area contributed by atoms with Crippen LogP contribution in [0.2, 0.25) is 0 Å². The van der Waals surface area contributed by atoms with Gasteiger partial charge in [-0.25, -0.2) is 0 Å². The molecule has 0 aliphatic carbocycles. The van der Waals surface area contributed by atoms with E-state index in [4.69, 9.17) is 0 Å². The average Bonchev–Trinajstić information content (AvgIpc) is 2.34. The molecule has 2 nitrogen and oxygen atoms in total. The summed E-state index contributed by atoms with van der Waals surface area (Å²) in [5.74, 6) is 0.0696. The van der Waals surface area contributed by atoms with Crippen molar-refractivity contribution in [1.82, 2.24) is 5.32 Å². The summed E-state index contributed by atoms with van der Waals surface area (Å²) < 4.78 is 11.9. The molecule has 0 bridgehead atoms. The lowest BCUT2D eigenvalue weighted by Crippen LogP contribution is -2.22. The van der Waals surface area contributed by atoms with E-state index in [0.29, 0.717) is 13.0 Å². The second-order valence-corrected chi connectivity index (χ2v) is 2.41. The summed E-state index contributed by atoms with van der Waals surface area (Å²) in [6, 6.07) is -0.0919. The maximum Gasteiger partial charge on any atom is 0.136 e. The molecule has 1 aliphatic rings. The molecule has 1 aliphatic heterocycles. The Kier molecular flexibility index (Phi) is 2.16. The molecule has 0 radical (unpaired) electrons. The molecular formula is C6H10FNO. The fourth-order valence-electron chi connectivity index (χ4n) is 1.07. The molecule has 1 fully saturated rings. The van der Waals surface area contributed by atoms with Gasteiger partial charge >= 0.3 is 0 Å². The number of hydrogen-bond acceptors (Lipinski definition) is 2. The lowest BCUT2D eigenvalue weighted by molar-refractivity contribution is -0.109. The van der Waals surface area contributed by atoms with Gasteiger partial charge in [0.1, 0.15) is 6.29 Å². The average molecular weight is 131 g/mol. The minimum Gasteiger partial charge on any atom is -0.307 e. The second-order valence-electron chi connectivity index (χ2n) is 2.41. The predicted octanol–water partition coefficient (Wildman–Crippen LogP) is 0.133. The summed E-state index contributed by atoms with van der Waals surface area (Å²) in [6.45, 7) is 0.344. The molecule has 1 saturated heterocycles. The molecule has 0 saturated carbocycles. The van der Waals surface area contributed by atoms with Crippen LogP contribution in [0.5, 0.6) is 0 Å². The maximum absolute atomic E-state index is 11.9. The Morgan fingerprint density at radius 1 is 1.78 bits per heavy atom. The number of aldehydes is 1. The third-order valence-corrected chi connectivity index (χ3v) is 1.64.